The first kappa shape index (κ1) is 13.2. The molecule has 2 unspecified atom stereocenters. The van der Waals surface area contributed by atoms with Crippen molar-refractivity contribution in [3.05, 3.63) is 17.8 Å². The van der Waals surface area contributed by atoms with Gasteiger partial charge in [-0.05, 0) is 25.8 Å². The lowest BCUT2D eigenvalue weighted by Crippen LogP contribution is -2.43. The number of nitrogen functional groups attached to an aromatic ring is 1. The maximum atomic E-state index is 12.1. The number of esters is 1. The summed E-state index contributed by atoms with van der Waals surface area (Å²) in [5, 5.41) is 0. The smallest absolute Gasteiger partial charge is 0.341 e. The molecular formula is C14H19N3O3. The molecule has 6 heteroatoms. The first-order valence-electron chi connectivity index (χ1n) is 7.00. The Morgan fingerprint density at radius 1 is 1.50 bits per heavy atom. The van der Waals surface area contributed by atoms with E-state index >= 15 is 0 Å². The molecule has 0 aliphatic carbocycles. The summed E-state index contributed by atoms with van der Waals surface area (Å²) in [6, 6.07) is 1.64. The molecule has 2 atom stereocenters. The van der Waals surface area contributed by atoms with Crippen LogP contribution < -0.4 is 10.6 Å². The van der Waals surface area contributed by atoms with Crippen molar-refractivity contribution < 1.29 is 14.3 Å². The molecular weight excluding hydrogens is 258 g/mol. The summed E-state index contributed by atoms with van der Waals surface area (Å²) >= 11 is 0. The maximum Gasteiger partial charge on any atom is 0.341 e. The minimum absolute atomic E-state index is 0.239. The molecule has 1 aromatic heterocycles. The highest BCUT2D eigenvalue weighted by molar-refractivity contribution is 5.95. The molecule has 0 spiro atoms. The van der Waals surface area contributed by atoms with Crippen molar-refractivity contribution in [3.8, 4) is 0 Å². The van der Waals surface area contributed by atoms with Crippen LogP contribution in [0.25, 0.3) is 0 Å². The second kappa shape index (κ2) is 5.28. The topological polar surface area (TPSA) is 77.7 Å². The molecule has 0 radical (unpaired) electrons. The van der Waals surface area contributed by atoms with Gasteiger partial charge in [-0.1, -0.05) is 0 Å². The van der Waals surface area contributed by atoms with Crippen LogP contribution in [0.5, 0.6) is 0 Å². The fourth-order valence-electron chi connectivity index (χ4n) is 2.87. The van der Waals surface area contributed by atoms with E-state index in [1.165, 1.54) is 0 Å². The lowest BCUT2D eigenvalue weighted by atomic mass is 10.2. The van der Waals surface area contributed by atoms with Gasteiger partial charge in [-0.25, -0.2) is 9.78 Å². The van der Waals surface area contributed by atoms with Crippen LogP contribution in [0.2, 0.25) is 0 Å². The summed E-state index contributed by atoms with van der Waals surface area (Å²) in [7, 11) is 0. The number of carbonyl (C=O) groups excluding carboxylic acids is 1. The third-order valence-corrected chi connectivity index (χ3v) is 3.73. The average Bonchev–Trinajstić information content (AvgIpc) is 2.77. The number of nitrogens with zero attached hydrogens (tertiary/aromatic N) is 2. The van der Waals surface area contributed by atoms with Crippen LogP contribution in [0.15, 0.2) is 12.3 Å². The number of ether oxygens (including phenoxy) is 2. The zero-order valence-electron chi connectivity index (χ0n) is 11.5. The molecule has 2 fully saturated rings. The molecule has 2 bridgehead atoms. The van der Waals surface area contributed by atoms with Crippen LogP contribution in [-0.4, -0.2) is 42.9 Å². The second-order valence-electron chi connectivity index (χ2n) is 5.22. The van der Waals surface area contributed by atoms with Gasteiger partial charge in [0.2, 0.25) is 0 Å². The van der Waals surface area contributed by atoms with E-state index in [0.29, 0.717) is 23.7 Å². The fraction of sp³-hybridized carbons (Fsp3) is 0.571. The van der Waals surface area contributed by atoms with Crippen molar-refractivity contribution in [2.24, 2.45) is 0 Å². The molecule has 20 heavy (non-hydrogen) atoms. The van der Waals surface area contributed by atoms with Gasteiger partial charge >= 0.3 is 5.97 Å². The molecule has 0 amide bonds. The van der Waals surface area contributed by atoms with Crippen molar-refractivity contribution in [1.29, 1.82) is 0 Å². The minimum Gasteiger partial charge on any atom is -0.462 e. The van der Waals surface area contributed by atoms with Crippen molar-refractivity contribution in [2.45, 2.75) is 32.0 Å². The summed E-state index contributed by atoms with van der Waals surface area (Å²) in [6.07, 6.45) is 4.21. The molecule has 0 aromatic carbocycles. The van der Waals surface area contributed by atoms with Gasteiger partial charge < -0.3 is 20.1 Å². The Labute approximate surface area is 117 Å². The number of hydrogen-bond acceptors (Lipinski definition) is 6. The van der Waals surface area contributed by atoms with Gasteiger partial charge in [0.15, 0.2) is 0 Å². The standard InChI is InChI=1S/C14H19N3O3/c1-2-19-14(18)12-5-9(15)6-16-13(12)17-7-10-3-4-11(8-17)20-10/h5-6,10-11H,2-4,7-8,15H2,1H3. The van der Waals surface area contributed by atoms with E-state index in [1.807, 2.05) is 0 Å². The summed E-state index contributed by atoms with van der Waals surface area (Å²) in [6.45, 7) is 3.65. The van der Waals surface area contributed by atoms with Crippen LogP contribution in [0.4, 0.5) is 11.5 Å². The quantitative estimate of drug-likeness (QED) is 0.837. The zero-order valence-corrected chi connectivity index (χ0v) is 11.5. The number of anilines is 2. The average molecular weight is 277 g/mol. The maximum absolute atomic E-state index is 12.1. The van der Waals surface area contributed by atoms with Gasteiger partial charge in [0.1, 0.15) is 11.4 Å². The molecule has 6 nitrogen and oxygen atoms in total. The predicted octanol–water partition coefficient (Wildman–Crippen LogP) is 1.21. The van der Waals surface area contributed by atoms with Gasteiger partial charge in [-0.2, -0.15) is 0 Å². The van der Waals surface area contributed by atoms with E-state index in [4.69, 9.17) is 15.2 Å². The Balaban J connectivity index is 1.90. The largest absolute Gasteiger partial charge is 0.462 e. The molecule has 108 valence electrons. The molecule has 1 aromatic rings. The number of nitrogens with two attached hydrogens (primary N) is 1. The SMILES string of the molecule is CCOC(=O)c1cc(N)cnc1N1CC2CCC(C1)O2. The van der Waals surface area contributed by atoms with Crippen LogP contribution in [0.3, 0.4) is 0 Å². The Morgan fingerprint density at radius 2 is 2.20 bits per heavy atom. The summed E-state index contributed by atoms with van der Waals surface area (Å²) in [4.78, 5) is 18.5. The Morgan fingerprint density at radius 3 is 2.85 bits per heavy atom. The van der Waals surface area contributed by atoms with Crippen LogP contribution in [0, 0.1) is 0 Å². The number of hydrogen-bond donors (Lipinski definition) is 1. The van der Waals surface area contributed by atoms with Crippen LogP contribution in [-0.2, 0) is 9.47 Å². The summed E-state index contributed by atoms with van der Waals surface area (Å²) < 4.78 is 10.9. The number of pyridine rings is 1. The van der Waals surface area contributed by atoms with Gasteiger partial charge in [0.05, 0.1) is 30.7 Å². The highest BCUT2D eigenvalue weighted by Gasteiger charge is 2.35. The van der Waals surface area contributed by atoms with E-state index in [0.717, 1.165) is 25.9 Å². The Hall–Kier alpha value is -1.82. The predicted molar refractivity (Wildman–Crippen MR) is 74.7 cm³/mol. The van der Waals surface area contributed by atoms with E-state index in [1.54, 1.807) is 19.2 Å². The minimum atomic E-state index is -0.374. The third-order valence-electron chi connectivity index (χ3n) is 3.73. The molecule has 2 aliphatic rings. The molecule has 2 aliphatic heterocycles. The highest BCUT2D eigenvalue weighted by atomic mass is 16.5. The lowest BCUT2D eigenvalue weighted by Gasteiger charge is -2.33. The van der Waals surface area contributed by atoms with Crippen molar-refractivity contribution in [3.63, 3.8) is 0 Å². The molecule has 2 N–H and O–H groups in total. The molecule has 0 saturated carbocycles. The van der Waals surface area contributed by atoms with Gasteiger partial charge in [0, 0.05) is 13.1 Å². The fourth-order valence-corrected chi connectivity index (χ4v) is 2.87. The molecule has 2 saturated heterocycles. The summed E-state index contributed by atoms with van der Waals surface area (Å²) in [5.74, 6) is 0.277. The van der Waals surface area contributed by atoms with Crippen molar-refractivity contribution in [1.82, 2.24) is 4.98 Å². The first-order chi connectivity index (χ1) is 9.67. The monoisotopic (exact) mass is 277 g/mol. The zero-order chi connectivity index (χ0) is 14.1. The van der Waals surface area contributed by atoms with Crippen molar-refractivity contribution >= 4 is 17.5 Å². The van der Waals surface area contributed by atoms with Gasteiger partial charge in [-0.15, -0.1) is 0 Å². The second-order valence-corrected chi connectivity index (χ2v) is 5.22. The van der Waals surface area contributed by atoms with E-state index in [-0.39, 0.29) is 18.2 Å². The van der Waals surface area contributed by atoms with Gasteiger partial charge in [-0.3, -0.25) is 0 Å². The van der Waals surface area contributed by atoms with E-state index < -0.39 is 0 Å². The van der Waals surface area contributed by atoms with Crippen LogP contribution in [0.1, 0.15) is 30.1 Å². The number of carbonyl (C=O) groups is 1. The van der Waals surface area contributed by atoms with Crippen LogP contribution >= 0.6 is 0 Å². The Kier molecular flexibility index (Phi) is 3.48. The number of morpholine rings is 1. The molecule has 3 rings (SSSR count). The Bertz CT molecular complexity index is 508. The number of rotatable bonds is 3. The lowest BCUT2D eigenvalue weighted by molar-refractivity contribution is 0.0298. The van der Waals surface area contributed by atoms with Gasteiger partial charge in [0.25, 0.3) is 0 Å². The van der Waals surface area contributed by atoms with Crippen molar-refractivity contribution in [2.75, 3.05) is 30.3 Å². The van der Waals surface area contributed by atoms with E-state index in [9.17, 15) is 4.79 Å². The number of aromatic nitrogens is 1. The summed E-state index contributed by atoms with van der Waals surface area (Å²) in [5.41, 5.74) is 6.65. The van der Waals surface area contributed by atoms with E-state index in [2.05, 4.69) is 9.88 Å². The number of fused-ring (bicyclic) bond motifs is 2. The third kappa shape index (κ3) is 2.43. The first-order valence-corrected chi connectivity index (χ1v) is 7.00. The highest BCUT2D eigenvalue weighted by Crippen LogP contribution is 2.31. The molecule has 3 heterocycles. The normalized spacial score (nSPS) is 24.8.